The Morgan fingerprint density at radius 1 is 1.32 bits per heavy atom. The number of rotatable bonds is 7. The van der Waals surface area contributed by atoms with E-state index in [0.29, 0.717) is 24.8 Å². The van der Waals surface area contributed by atoms with Crippen LogP contribution in [-0.4, -0.2) is 48.8 Å². The van der Waals surface area contributed by atoms with Gasteiger partial charge in [0, 0.05) is 24.1 Å². The molecule has 1 unspecified atom stereocenters. The Labute approximate surface area is 156 Å². The second kappa shape index (κ2) is 8.52. The first-order valence-corrected chi connectivity index (χ1v) is 11.3. The summed E-state index contributed by atoms with van der Waals surface area (Å²) >= 11 is 2.54. The summed E-state index contributed by atoms with van der Waals surface area (Å²) in [5.41, 5.74) is 0. The Balaban J connectivity index is 2.12. The van der Waals surface area contributed by atoms with Crippen LogP contribution >= 0.6 is 23.1 Å². The van der Waals surface area contributed by atoms with Crippen molar-refractivity contribution in [3.63, 3.8) is 0 Å². The molecule has 2 heterocycles. The predicted molar refractivity (Wildman–Crippen MR) is 99.8 cm³/mol. The molecule has 0 aliphatic carbocycles. The number of carbonyl (C=O) groups excluding carboxylic acids is 2. The Kier molecular flexibility index (Phi) is 6.89. The van der Waals surface area contributed by atoms with Crippen LogP contribution in [0.2, 0.25) is 0 Å². The number of thioether (sulfide) groups is 1. The minimum absolute atomic E-state index is 0.171. The van der Waals surface area contributed by atoms with Crippen molar-refractivity contribution in [1.82, 2.24) is 14.9 Å². The molecule has 10 heteroatoms. The quantitative estimate of drug-likeness (QED) is 0.711. The summed E-state index contributed by atoms with van der Waals surface area (Å²) in [6, 6.07) is 2.53. The largest absolute Gasteiger partial charge is 0.354 e. The second-order valence-electron chi connectivity index (χ2n) is 6.18. The van der Waals surface area contributed by atoms with E-state index in [9.17, 15) is 18.0 Å². The number of hydrogen-bond acceptors (Lipinski definition) is 6. The number of nitrogens with zero attached hydrogens (tertiary/aromatic N) is 1. The Morgan fingerprint density at radius 2 is 2.04 bits per heavy atom. The molecule has 25 heavy (non-hydrogen) atoms. The molecule has 7 nitrogen and oxygen atoms in total. The molecule has 1 aliphatic heterocycles. The van der Waals surface area contributed by atoms with Gasteiger partial charge in [-0.15, -0.1) is 23.1 Å². The lowest BCUT2D eigenvalue weighted by Crippen LogP contribution is -2.47. The van der Waals surface area contributed by atoms with Crippen LogP contribution in [0.5, 0.6) is 0 Å². The number of nitrogens with one attached hydrogen (secondary N) is 2. The average Bonchev–Trinajstić information content (AvgIpc) is 3.19. The number of amides is 2. The molecule has 2 rings (SSSR count). The van der Waals surface area contributed by atoms with Crippen molar-refractivity contribution in [2.75, 3.05) is 18.2 Å². The van der Waals surface area contributed by atoms with Crippen molar-refractivity contribution in [2.45, 2.75) is 37.6 Å². The smallest absolute Gasteiger partial charge is 0.254 e. The van der Waals surface area contributed by atoms with Crippen molar-refractivity contribution in [3.05, 3.63) is 17.0 Å². The first-order chi connectivity index (χ1) is 11.7. The third-order valence-electron chi connectivity index (χ3n) is 3.54. The highest BCUT2D eigenvalue weighted by Gasteiger charge is 2.40. The lowest BCUT2D eigenvalue weighted by Gasteiger charge is -2.22. The highest BCUT2D eigenvalue weighted by Crippen LogP contribution is 2.31. The minimum atomic E-state index is -3.73. The van der Waals surface area contributed by atoms with Gasteiger partial charge >= 0.3 is 0 Å². The Bertz CT molecular complexity index is 730. The zero-order valence-corrected chi connectivity index (χ0v) is 16.9. The lowest BCUT2D eigenvalue weighted by molar-refractivity contribution is -0.124. The number of sulfonamides is 1. The summed E-state index contributed by atoms with van der Waals surface area (Å²) in [4.78, 5) is 24.1. The summed E-state index contributed by atoms with van der Waals surface area (Å²) in [6.07, 6.45) is 0. The van der Waals surface area contributed by atoms with Crippen molar-refractivity contribution in [2.24, 2.45) is 5.92 Å². The molecule has 2 amide bonds. The average molecular weight is 406 g/mol. The van der Waals surface area contributed by atoms with Crippen LogP contribution in [-0.2, 0) is 26.2 Å². The second-order valence-corrected chi connectivity index (χ2v) is 10.5. The van der Waals surface area contributed by atoms with E-state index in [1.165, 1.54) is 29.1 Å². The van der Waals surface area contributed by atoms with Crippen LogP contribution in [0.3, 0.4) is 0 Å². The first-order valence-electron chi connectivity index (χ1n) is 7.92. The molecule has 0 bridgehead atoms. The van der Waals surface area contributed by atoms with E-state index in [0.717, 1.165) is 16.2 Å². The van der Waals surface area contributed by atoms with Gasteiger partial charge in [-0.25, -0.2) is 8.42 Å². The van der Waals surface area contributed by atoms with E-state index in [1.54, 1.807) is 6.07 Å². The third kappa shape index (κ3) is 5.19. The number of thiophene rings is 1. The molecule has 0 aromatic carbocycles. The third-order valence-corrected chi connectivity index (χ3v) is 8.12. The fraction of sp³-hybridized carbons (Fsp3) is 0.600. The summed E-state index contributed by atoms with van der Waals surface area (Å²) in [5, 5.41) is 5.46. The van der Waals surface area contributed by atoms with Crippen LogP contribution in [0, 0.1) is 5.92 Å². The molecule has 1 saturated heterocycles. The van der Waals surface area contributed by atoms with Crippen LogP contribution in [0.4, 0.5) is 0 Å². The van der Waals surface area contributed by atoms with E-state index in [1.807, 2.05) is 13.8 Å². The molecule has 1 fully saturated rings. The van der Waals surface area contributed by atoms with Crippen molar-refractivity contribution in [1.29, 1.82) is 0 Å². The van der Waals surface area contributed by atoms with Crippen LogP contribution in [0.25, 0.3) is 0 Å². The van der Waals surface area contributed by atoms with Crippen molar-refractivity contribution < 1.29 is 18.0 Å². The maximum absolute atomic E-state index is 12.9. The van der Waals surface area contributed by atoms with Gasteiger partial charge in [0.15, 0.2) is 0 Å². The maximum atomic E-state index is 12.9. The van der Waals surface area contributed by atoms with E-state index in [2.05, 4.69) is 10.6 Å². The van der Waals surface area contributed by atoms with Gasteiger partial charge in [0.05, 0.1) is 12.4 Å². The molecular formula is C15H23N3O4S3. The Morgan fingerprint density at radius 3 is 2.68 bits per heavy atom. The first kappa shape index (κ1) is 20.2. The highest BCUT2D eigenvalue weighted by atomic mass is 32.2. The summed E-state index contributed by atoms with van der Waals surface area (Å²) < 4.78 is 27.2. The predicted octanol–water partition coefficient (Wildman–Crippen LogP) is 1.22. The maximum Gasteiger partial charge on any atom is 0.254 e. The normalized spacial score (nSPS) is 18.5. The molecule has 0 spiro atoms. The molecule has 0 radical (unpaired) electrons. The number of hydrogen-bond donors (Lipinski definition) is 2. The zero-order valence-electron chi connectivity index (χ0n) is 14.4. The molecule has 1 aromatic heterocycles. The van der Waals surface area contributed by atoms with Crippen LogP contribution in [0.1, 0.15) is 25.6 Å². The molecular weight excluding hydrogens is 382 g/mol. The summed E-state index contributed by atoms with van der Waals surface area (Å²) in [7, 11) is -3.73. The summed E-state index contributed by atoms with van der Waals surface area (Å²) in [6.45, 7) is 6.20. The minimum Gasteiger partial charge on any atom is -0.354 e. The standard InChI is InChI=1S/C15H23N3O4S3/c1-10(2)6-17-15(20)13-8-23-9-18(13)25(21,22)14-5-4-12(24-14)7-16-11(3)19/h4-5,10,13H,6-9H2,1-3H3,(H,16,19)(H,17,20). The molecule has 2 N–H and O–H groups in total. The zero-order chi connectivity index (χ0) is 18.6. The van der Waals surface area contributed by atoms with E-state index in [4.69, 9.17) is 0 Å². The van der Waals surface area contributed by atoms with Crippen molar-refractivity contribution >= 4 is 44.9 Å². The van der Waals surface area contributed by atoms with Gasteiger partial charge in [-0.1, -0.05) is 13.8 Å². The van der Waals surface area contributed by atoms with Crippen LogP contribution in [0.15, 0.2) is 16.3 Å². The summed E-state index contributed by atoms with van der Waals surface area (Å²) in [5.74, 6) is 0.596. The van der Waals surface area contributed by atoms with E-state index >= 15 is 0 Å². The molecule has 1 aromatic rings. The van der Waals surface area contributed by atoms with E-state index < -0.39 is 16.1 Å². The SMILES string of the molecule is CC(=O)NCc1ccc(S(=O)(=O)N2CSCC2C(=O)NCC(C)C)s1. The molecule has 140 valence electrons. The topological polar surface area (TPSA) is 95.6 Å². The van der Waals surface area contributed by atoms with Crippen LogP contribution < -0.4 is 10.6 Å². The van der Waals surface area contributed by atoms with Gasteiger partial charge < -0.3 is 10.6 Å². The van der Waals surface area contributed by atoms with E-state index in [-0.39, 0.29) is 21.9 Å². The van der Waals surface area contributed by atoms with Crippen molar-refractivity contribution in [3.8, 4) is 0 Å². The lowest BCUT2D eigenvalue weighted by atomic mass is 10.2. The van der Waals surface area contributed by atoms with Gasteiger partial charge in [-0.3, -0.25) is 9.59 Å². The van der Waals surface area contributed by atoms with Gasteiger partial charge in [0.25, 0.3) is 10.0 Å². The molecule has 0 saturated carbocycles. The van der Waals surface area contributed by atoms with Gasteiger partial charge in [-0.2, -0.15) is 4.31 Å². The fourth-order valence-corrected chi connectivity index (χ4v) is 6.79. The fourth-order valence-electron chi connectivity index (χ4n) is 2.21. The Hall–Kier alpha value is -1.10. The van der Waals surface area contributed by atoms with Gasteiger partial charge in [0.1, 0.15) is 10.3 Å². The van der Waals surface area contributed by atoms with Gasteiger partial charge in [-0.05, 0) is 18.1 Å². The monoisotopic (exact) mass is 405 g/mol. The van der Waals surface area contributed by atoms with Gasteiger partial charge in [0.2, 0.25) is 11.8 Å². The molecule has 1 aliphatic rings. The highest BCUT2D eigenvalue weighted by molar-refractivity contribution is 8.01. The number of carbonyl (C=O) groups is 2. The molecule has 1 atom stereocenters.